The molecule has 1 unspecified atom stereocenters. The number of nitro groups is 1. The number of nitrogens with one attached hydrogen (secondary N) is 1. The third kappa shape index (κ3) is 3.26. The number of rotatable bonds is 3. The van der Waals surface area contributed by atoms with Crippen LogP contribution in [0.15, 0.2) is 40.9 Å². The maximum Gasteiger partial charge on any atom is 0.273 e. The van der Waals surface area contributed by atoms with Crippen LogP contribution >= 0.6 is 15.9 Å². The molecule has 0 aromatic heterocycles. The highest BCUT2D eigenvalue weighted by molar-refractivity contribution is 9.10. The van der Waals surface area contributed by atoms with E-state index >= 15 is 0 Å². The molecule has 24 heavy (non-hydrogen) atoms. The van der Waals surface area contributed by atoms with Crippen LogP contribution in [0.1, 0.15) is 33.9 Å². The summed E-state index contributed by atoms with van der Waals surface area (Å²) in [5.74, 6) is 0.403. The summed E-state index contributed by atoms with van der Waals surface area (Å²) in [7, 11) is 0. The summed E-state index contributed by atoms with van der Waals surface area (Å²) in [5.41, 5.74) is 1.63. The highest BCUT2D eigenvalue weighted by atomic mass is 79.9. The summed E-state index contributed by atoms with van der Waals surface area (Å²) in [5, 5.41) is 14.0. The van der Waals surface area contributed by atoms with Crippen molar-refractivity contribution < 1.29 is 14.5 Å². The molecule has 2 aromatic rings. The summed E-state index contributed by atoms with van der Waals surface area (Å²) < 4.78 is 6.50. The van der Waals surface area contributed by atoms with Gasteiger partial charge in [-0.3, -0.25) is 14.9 Å². The average Bonchev–Trinajstić information content (AvgIpc) is 2.55. The van der Waals surface area contributed by atoms with Crippen molar-refractivity contribution in [3.8, 4) is 5.75 Å². The van der Waals surface area contributed by atoms with Crippen LogP contribution in [0, 0.1) is 17.0 Å². The van der Waals surface area contributed by atoms with E-state index in [1.807, 2.05) is 18.2 Å². The molecule has 7 heteroatoms. The number of halogens is 1. The van der Waals surface area contributed by atoms with E-state index in [0.717, 1.165) is 15.8 Å². The molecule has 2 aromatic carbocycles. The summed E-state index contributed by atoms with van der Waals surface area (Å²) in [6.45, 7) is 2.15. The lowest BCUT2D eigenvalue weighted by molar-refractivity contribution is -0.385. The van der Waals surface area contributed by atoms with Crippen molar-refractivity contribution in [1.82, 2.24) is 5.32 Å². The fourth-order valence-electron chi connectivity index (χ4n) is 2.70. The molecule has 0 fully saturated rings. The smallest absolute Gasteiger partial charge is 0.273 e. The van der Waals surface area contributed by atoms with Crippen molar-refractivity contribution in [2.45, 2.75) is 19.4 Å². The molecule has 0 saturated carbocycles. The molecule has 0 saturated heterocycles. The molecule has 1 aliphatic heterocycles. The van der Waals surface area contributed by atoms with Crippen molar-refractivity contribution in [2.75, 3.05) is 6.61 Å². The Morgan fingerprint density at radius 1 is 1.33 bits per heavy atom. The van der Waals surface area contributed by atoms with Gasteiger partial charge in [-0.25, -0.2) is 0 Å². The normalized spacial score (nSPS) is 16.0. The standard InChI is InChI=1S/C17H15BrN2O4/c1-10-2-3-11(8-15(10)20(22)23)17(21)19-14-6-7-24-16-5-4-12(18)9-13(14)16/h2-5,8-9,14H,6-7H2,1H3,(H,19,21). The van der Waals surface area contributed by atoms with Crippen molar-refractivity contribution in [1.29, 1.82) is 0 Å². The van der Waals surface area contributed by atoms with Gasteiger partial charge in [0.05, 0.1) is 17.6 Å². The van der Waals surface area contributed by atoms with Crippen LogP contribution in [0.3, 0.4) is 0 Å². The Balaban J connectivity index is 1.85. The van der Waals surface area contributed by atoms with E-state index in [1.165, 1.54) is 6.07 Å². The lowest BCUT2D eigenvalue weighted by Crippen LogP contribution is -2.32. The summed E-state index contributed by atoms with van der Waals surface area (Å²) in [4.78, 5) is 23.1. The molecule has 1 heterocycles. The number of ether oxygens (including phenoxy) is 1. The van der Waals surface area contributed by atoms with E-state index in [2.05, 4.69) is 21.2 Å². The summed E-state index contributed by atoms with van der Waals surface area (Å²) in [6.07, 6.45) is 0.642. The SMILES string of the molecule is Cc1ccc(C(=O)NC2CCOc3ccc(Br)cc32)cc1[N+](=O)[O-]. The monoisotopic (exact) mass is 390 g/mol. The number of hydrogen-bond donors (Lipinski definition) is 1. The first kappa shape index (κ1) is 16.4. The van der Waals surface area contributed by atoms with Crippen LogP contribution in [-0.2, 0) is 0 Å². The minimum Gasteiger partial charge on any atom is -0.493 e. The van der Waals surface area contributed by atoms with E-state index in [-0.39, 0.29) is 23.2 Å². The Labute approximate surface area is 147 Å². The first-order valence-corrected chi connectivity index (χ1v) is 8.23. The summed E-state index contributed by atoms with van der Waals surface area (Å²) in [6, 6.07) is 9.95. The minimum atomic E-state index is -0.479. The summed E-state index contributed by atoms with van der Waals surface area (Å²) >= 11 is 3.42. The Hall–Kier alpha value is -2.41. The van der Waals surface area contributed by atoms with Gasteiger partial charge in [0.2, 0.25) is 0 Å². The Kier molecular flexibility index (Phi) is 4.53. The van der Waals surface area contributed by atoms with Crippen molar-refractivity contribution >= 4 is 27.5 Å². The number of carbonyl (C=O) groups excluding carboxylic acids is 1. The number of carbonyl (C=O) groups is 1. The molecule has 124 valence electrons. The van der Waals surface area contributed by atoms with Gasteiger partial charge in [-0.2, -0.15) is 0 Å². The lowest BCUT2D eigenvalue weighted by atomic mass is 10.00. The fourth-order valence-corrected chi connectivity index (χ4v) is 3.08. The number of fused-ring (bicyclic) bond motifs is 1. The highest BCUT2D eigenvalue weighted by Crippen LogP contribution is 2.34. The molecular weight excluding hydrogens is 376 g/mol. The van der Waals surface area contributed by atoms with Crippen LogP contribution in [0.25, 0.3) is 0 Å². The quantitative estimate of drug-likeness (QED) is 0.635. The maximum absolute atomic E-state index is 12.5. The molecule has 1 atom stereocenters. The van der Waals surface area contributed by atoms with Gasteiger partial charge in [0.25, 0.3) is 11.6 Å². The molecule has 0 aliphatic carbocycles. The second-order valence-electron chi connectivity index (χ2n) is 5.60. The first-order chi connectivity index (χ1) is 11.5. The fraction of sp³-hybridized carbons (Fsp3) is 0.235. The first-order valence-electron chi connectivity index (χ1n) is 7.44. The Bertz CT molecular complexity index is 822. The molecule has 0 spiro atoms. The third-order valence-electron chi connectivity index (χ3n) is 3.98. The molecule has 0 bridgehead atoms. The van der Waals surface area contributed by atoms with E-state index < -0.39 is 4.92 Å². The number of amides is 1. The zero-order valence-corrected chi connectivity index (χ0v) is 14.5. The van der Waals surface area contributed by atoms with Gasteiger partial charge in [0.15, 0.2) is 0 Å². The third-order valence-corrected chi connectivity index (χ3v) is 4.48. The van der Waals surface area contributed by atoms with E-state index in [0.29, 0.717) is 18.6 Å². The maximum atomic E-state index is 12.5. The molecule has 1 amide bonds. The van der Waals surface area contributed by atoms with Crippen LogP contribution in [0.2, 0.25) is 0 Å². The number of aryl methyl sites for hydroxylation is 1. The lowest BCUT2D eigenvalue weighted by Gasteiger charge is -2.27. The molecule has 1 N–H and O–H groups in total. The number of hydrogen-bond acceptors (Lipinski definition) is 4. The van der Waals surface area contributed by atoms with Crippen LogP contribution < -0.4 is 10.1 Å². The van der Waals surface area contributed by atoms with Crippen LogP contribution in [0.5, 0.6) is 5.75 Å². The number of benzene rings is 2. The highest BCUT2D eigenvalue weighted by Gasteiger charge is 2.24. The molecular formula is C17H15BrN2O4. The average molecular weight is 391 g/mol. The molecule has 6 nitrogen and oxygen atoms in total. The van der Waals surface area contributed by atoms with Gasteiger partial charge in [-0.1, -0.05) is 22.0 Å². The predicted molar refractivity (Wildman–Crippen MR) is 92.3 cm³/mol. The Morgan fingerprint density at radius 2 is 2.12 bits per heavy atom. The van der Waals surface area contributed by atoms with E-state index in [4.69, 9.17) is 4.74 Å². The van der Waals surface area contributed by atoms with Crippen molar-refractivity contribution in [2.24, 2.45) is 0 Å². The topological polar surface area (TPSA) is 81.5 Å². The van der Waals surface area contributed by atoms with Gasteiger partial charge in [0.1, 0.15) is 5.75 Å². The van der Waals surface area contributed by atoms with Gasteiger partial charge in [-0.15, -0.1) is 0 Å². The van der Waals surface area contributed by atoms with Crippen LogP contribution in [0.4, 0.5) is 5.69 Å². The van der Waals surface area contributed by atoms with Crippen LogP contribution in [-0.4, -0.2) is 17.4 Å². The zero-order chi connectivity index (χ0) is 17.3. The number of nitro benzene ring substituents is 1. The molecule has 0 radical (unpaired) electrons. The van der Waals surface area contributed by atoms with E-state index in [1.54, 1.807) is 19.1 Å². The molecule has 1 aliphatic rings. The second kappa shape index (κ2) is 6.60. The number of nitrogens with zero attached hydrogens (tertiary/aromatic N) is 1. The Morgan fingerprint density at radius 3 is 2.88 bits per heavy atom. The second-order valence-corrected chi connectivity index (χ2v) is 6.52. The predicted octanol–water partition coefficient (Wildman–Crippen LogP) is 3.92. The largest absolute Gasteiger partial charge is 0.493 e. The molecule has 3 rings (SSSR count). The van der Waals surface area contributed by atoms with Crippen molar-refractivity contribution in [3.05, 3.63) is 67.7 Å². The van der Waals surface area contributed by atoms with Gasteiger partial charge < -0.3 is 10.1 Å². The van der Waals surface area contributed by atoms with Crippen molar-refractivity contribution in [3.63, 3.8) is 0 Å². The minimum absolute atomic E-state index is 0.0576. The van der Waals surface area contributed by atoms with Gasteiger partial charge in [-0.05, 0) is 31.2 Å². The van der Waals surface area contributed by atoms with Gasteiger partial charge in [0, 0.05) is 33.7 Å². The zero-order valence-electron chi connectivity index (χ0n) is 12.9. The van der Waals surface area contributed by atoms with E-state index in [9.17, 15) is 14.9 Å². The van der Waals surface area contributed by atoms with Gasteiger partial charge >= 0.3 is 0 Å².